The smallest absolute Gasteiger partial charge is 0.320 e. The van der Waals surface area contributed by atoms with Gasteiger partial charge in [0.15, 0.2) is 5.82 Å². The SMILES string of the molecule is COc1nc(N2CCOC[C@H]2CO)cc(-n2ncc3cc(C)c(C4CCNCC4)cc32)n1. The molecule has 9 heteroatoms. The Bertz CT molecular complexity index is 1090. The van der Waals surface area contributed by atoms with Crippen molar-refractivity contribution < 1.29 is 14.6 Å². The Morgan fingerprint density at radius 1 is 1.19 bits per heavy atom. The highest BCUT2D eigenvalue weighted by Crippen LogP contribution is 2.32. The van der Waals surface area contributed by atoms with E-state index in [1.54, 1.807) is 7.11 Å². The van der Waals surface area contributed by atoms with Gasteiger partial charge in [-0.2, -0.15) is 15.1 Å². The molecular formula is C23H30N6O3. The van der Waals surface area contributed by atoms with Crippen molar-refractivity contribution in [3.63, 3.8) is 0 Å². The van der Waals surface area contributed by atoms with Crippen molar-refractivity contribution >= 4 is 16.7 Å². The fraction of sp³-hybridized carbons (Fsp3) is 0.522. The van der Waals surface area contributed by atoms with Gasteiger partial charge in [0.1, 0.15) is 5.82 Å². The Morgan fingerprint density at radius 3 is 2.78 bits per heavy atom. The van der Waals surface area contributed by atoms with Crippen LogP contribution in [0.15, 0.2) is 24.4 Å². The number of ether oxygens (including phenoxy) is 2. The molecular weight excluding hydrogens is 408 g/mol. The lowest BCUT2D eigenvalue weighted by Crippen LogP contribution is -2.48. The quantitative estimate of drug-likeness (QED) is 0.622. The molecule has 0 unspecified atom stereocenters. The second kappa shape index (κ2) is 9.01. The van der Waals surface area contributed by atoms with Gasteiger partial charge >= 0.3 is 6.01 Å². The second-order valence-corrected chi connectivity index (χ2v) is 8.52. The molecule has 0 aliphatic carbocycles. The molecule has 0 bridgehead atoms. The van der Waals surface area contributed by atoms with Crippen molar-refractivity contribution in [2.45, 2.75) is 31.7 Å². The van der Waals surface area contributed by atoms with Crippen LogP contribution >= 0.6 is 0 Å². The number of nitrogens with one attached hydrogen (secondary N) is 1. The Kier molecular flexibility index (Phi) is 5.95. The molecule has 0 radical (unpaired) electrons. The van der Waals surface area contributed by atoms with Gasteiger partial charge in [-0.25, -0.2) is 4.68 Å². The molecule has 1 atom stereocenters. The molecule has 9 nitrogen and oxygen atoms in total. The molecule has 2 fully saturated rings. The molecule has 2 aromatic heterocycles. The number of benzene rings is 1. The lowest BCUT2D eigenvalue weighted by molar-refractivity contribution is 0.0722. The van der Waals surface area contributed by atoms with E-state index in [-0.39, 0.29) is 18.7 Å². The number of piperidine rings is 1. The number of morpholine rings is 1. The molecule has 170 valence electrons. The van der Waals surface area contributed by atoms with Crippen molar-refractivity contribution in [2.75, 3.05) is 51.5 Å². The van der Waals surface area contributed by atoms with E-state index in [1.165, 1.54) is 11.1 Å². The fourth-order valence-corrected chi connectivity index (χ4v) is 4.81. The summed E-state index contributed by atoms with van der Waals surface area (Å²) in [6, 6.07) is 6.52. The molecule has 2 N–H and O–H groups in total. The van der Waals surface area contributed by atoms with E-state index in [9.17, 15) is 5.11 Å². The summed E-state index contributed by atoms with van der Waals surface area (Å²) in [7, 11) is 1.56. The van der Waals surface area contributed by atoms with E-state index in [4.69, 9.17) is 9.47 Å². The van der Waals surface area contributed by atoms with Crippen molar-refractivity contribution in [1.82, 2.24) is 25.1 Å². The van der Waals surface area contributed by atoms with Crippen LogP contribution in [0.2, 0.25) is 0 Å². The number of hydrogen-bond donors (Lipinski definition) is 2. The van der Waals surface area contributed by atoms with E-state index < -0.39 is 0 Å². The van der Waals surface area contributed by atoms with Gasteiger partial charge in [0.25, 0.3) is 0 Å². The highest BCUT2D eigenvalue weighted by atomic mass is 16.5. The molecule has 1 aromatic carbocycles. The number of aromatic nitrogens is 4. The standard InChI is InChI=1S/C23H30N6O3/c1-15-9-17-12-25-29(20(17)10-19(15)16-3-5-24-6-4-16)22-11-21(26-23(27-22)31-2)28-7-8-32-14-18(28)13-30/h9-12,16,18,24,30H,3-8,13-14H2,1-2H3/t18-/m1/s1. The number of aryl methyl sites for hydroxylation is 1. The van der Waals surface area contributed by atoms with E-state index in [1.807, 2.05) is 21.8 Å². The monoisotopic (exact) mass is 438 g/mol. The van der Waals surface area contributed by atoms with Crippen LogP contribution in [0.5, 0.6) is 6.01 Å². The molecule has 4 heterocycles. The van der Waals surface area contributed by atoms with Crippen LogP contribution in [-0.4, -0.2) is 77.5 Å². The number of aliphatic hydroxyl groups excluding tert-OH is 1. The van der Waals surface area contributed by atoms with Crippen molar-refractivity contribution in [3.05, 3.63) is 35.5 Å². The van der Waals surface area contributed by atoms with Gasteiger partial charge in [-0.1, -0.05) is 0 Å². The third kappa shape index (κ3) is 3.92. The summed E-state index contributed by atoms with van der Waals surface area (Å²) < 4.78 is 12.8. The Balaban J connectivity index is 1.58. The lowest BCUT2D eigenvalue weighted by atomic mass is 9.87. The molecule has 3 aromatic rings. The second-order valence-electron chi connectivity index (χ2n) is 8.52. The lowest BCUT2D eigenvalue weighted by Gasteiger charge is -2.35. The topological polar surface area (TPSA) is 97.6 Å². The first-order chi connectivity index (χ1) is 15.7. The van der Waals surface area contributed by atoms with Gasteiger partial charge in [0.2, 0.25) is 0 Å². The number of fused-ring (bicyclic) bond motifs is 1. The van der Waals surface area contributed by atoms with E-state index in [0.29, 0.717) is 37.3 Å². The average molecular weight is 439 g/mol. The third-order valence-corrected chi connectivity index (χ3v) is 6.55. The molecule has 0 spiro atoms. The highest BCUT2D eigenvalue weighted by molar-refractivity contribution is 5.82. The van der Waals surface area contributed by atoms with Crippen molar-refractivity contribution in [2.24, 2.45) is 0 Å². The summed E-state index contributed by atoms with van der Waals surface area (Å²) in [4.78, 5) is 11.2. The zero-order valence-electron chi connectivity index (χ0n) is 18.6. The minimum Gasteiger partial charge on any atom is -0.467 e. The predicted octanol–water partition coefficient (Wildman–Crippen LogP) is 1.80. The summed E-state index contributed by atoms with van der Waals surface area (Å²) in [5.74, 6) is 1.90. The van der Waals surface area contributed by atoms with Crippen LogP contribution in [0.1, 0.15) is 29.9 Å². The van der Waals surface area contributed by atoms with Gasteiger partial charge in [-0.3, -0.25) is 0 Å². The van der Waals surface area contributed by atoms with Gasteiger partial charge in [0.05, 0.1) is 44.7 Å². The number of rotatable bonds is 5. The molecule has 32 heavy (non-hydrogen) atoms. The molecule has 2 aliphatic heterocycles. The number of aliphatic hydroxyl groups is 1. The first-order valence-electron chi connectivity index (χ1n) is 11.3. The van der Waals surface area contributed by atoms with Crippen LogP contribution < -0.4 is 15.0 Å². The summed E-state index contributed by atoms with van der Waals surface area (Å²) in [5, 5.41) is 19.0. The predicted molar refractivity (Wildman–Crippen MR) is 122 cm³/mol. The van der Waals surface area contributed by atoms with Crippen LogP contribution in [0.25, 0.3) is 16.7 Å². The number of hydrogen-bond acceptors (Lipinski definition) is 8. The number of anilines is 1. The molecule has 2 aliphatic rings. The first kappa shape index (κ1) is 21.1. The molecule has 5 rings (SSSR count). The van der Waals surface area contributed by atoms with Gasteiger partial charge in [0, 0.05) is 18.0 Å². The number of nitrogens with zero attached hydrogens (tertiary/aromatic N) is 5. The molecule has 2 saturated heterocycles. The van der Waals surface area contributed by atoms with Crippen LogP contribution in [0, 0.1) is 6.92 Å². The number of methoxy groups -OCH3 is 1. The van der Waals surface area contributed by atoms with Gasteiger partial charge in [-0.15, -0.1) is 0 Å². The summed E-state index contributed by atoms with van der Waals surface area (Å²) in [6.07, 6.45) is 4.17. The zero-order chi connectivity index (χ0) is 22.1. The Hall–Kier alpha value is -2.75. The first-order valence-corrected chi connectivity index (χ1v) is 11.3. The Labute approximate surface area is 187 Å². The van der Waals surface area contributed by atoms with Gasteiger partial charge < -0.3 is 24.8 Å². The minimum absolute atomic E-state index is 0.00870. The van der Waals surface area contributed by atoms with Crippen LogP contribution in [0.3, 0.4) is 0 Å². The fourth-order valence-electron chi connectivity index (χ4n) is 4.81. The largest absolute Gasteiger partial charge is 0.467 e. The molecule has 0 saturated carbocycles. The normalized spacial score (nSPS) is 20.1. The molecule has 0 amide bonds. The third-order valence-electron chi connectivity index (χ3n) is 6.55. The van der Waals surface area contributed by atoms with Crippen LogP contribution in [0.4, 0.5) is 5.82 Å². The van der Waals surface area contributed by atoms with Crippen molar-refractivity contribution in [3.8, 4) is 11.8 Å². The highest BCUT2D eigenvalue weighted by Gasteiger charge is 2.26. The zero-order valence-corrected chi connectivity index (χ0v) is 18.6. The average Bonchev–Trinajstić information content (AvgIpc) is 3.26. The van der Waals surface area contributed by atoms with E-state index in [2.05, 4.69) is 39.4 Å². The Morgan fingerprint density at radius 2 is 2.00 bits per heavy atom. The minimum atomic E-state index is -0.153. The van der Waals surface area contributed by atoms with Crippen LogP contribution in [-0.2, 0) is 4.74 Å². The maximum absolute atomic E-state index is 9.81. The summed E-state index contributed by atoms with van der Waals surface area (Å²) in [6.45, 7) is 5.98. The summed E-state index contributed by atoms with van der Waals surface area (Å²) in [5.41, 5.74) is 3.72. The van der Waals surface area contributed by atoms with Gasteiger partial charge in [-0.05, 0) is 62.0 Å². The maximum Gasteiger partial charge on any atom is 0.320 e. The van der Waals surface area contributed by atoms with E-state index in [0.717, 1.165) is 36.8 Å². The van der Waals surface area contributed by atoms with Crippen molar-refractivity contribution in [1.29, 1.82) is 0 Å². The van der Waals surface area contributed by atoms with E-state index >= 15 is 0 Å². The maximum atomic E-state index is 9.81. The summed E-state index contributed by atoms with van der Waals surface area (Å²) >= 11 is 0.